The van der Waals surface area contributed by atoms with Crippen molar-refractivity contribution in [2.24, 2.45) is 5.92 Å². The lowest BCUT2D eigenvalue weighted by Crippen LogP contribution is -2.42. The average Bonchev–Trinajstić information content (AvgIpc) is 3.32. The Hall–Kier alpha value is -2.49. The fraction of sp³-hybridized carbons (Fsp3) is 0.548. The Morgan fingerprint density at radius 2 is 1.80 bits per heavy atom. The quantitative estimate of drug-likeness (QED) is 0.206. The molecule has 0 saturated carbocycles. The van der Waals surface area contributed by atoms with Crippen LogP contribution in [0.25, 0.3) is 0 Å². The van der Waals surface area contributed by atoms with Crippen molar-refractivity contribution in [2.75, 3.05) is 39.8 Å². The zero-order valence-corrected chi connectivity index (χ0v) is 25.2. The Labute approximate surface area is 243 Å². The molecule has 2 atom stereocenters. The predicted octanol–water partition coefficient (Wildman–Crippen LogP) is 5.43. The molecule has 2 aromatic rings. The molecule has 40 heavy (non-hydrogen) atoms. The van der Waals surface area contributed by atoms with Gasteiger partial charge >= 0.3 is 0 Å². The van der Waals surface area contributed by atoms with Crippen LogP contribution < -0.4 is 10.6 Å². The number of hydrogen-bond donors (Lipinski definition) is 2. The summed E-state index contributed by atoms with van der Waals surface area (Å²) in [4.78, 5) is 27.1. The molecule has 6 nitrogen and oxygen atoms in total. The molecule has 2 N–H and O–H groups in total. The molecule has 1 fully saturated rings. The Morgan fingerprint density at radius 3 is 2.48 bits per heavy atom. The van der Waals surface area contributed by atoms with Crippen molar-refractivity contribution in [1.29, 1.82) is 0 Å². The van der Waals surface area contributed by atoms with Crippen LogP contribution >= 0.6 is 11.9 Å². The van der Waals surface area contributed by atoms with Gasteiger partial charge in [-0.2, -0.15) is 0 Å². The second-order valence-corrected chi connectivity index (χ2v) is 11.1. The molecule has 9 heteroatoms. The number of benzene rings is 2. The van der Waals surface area contributed by atoms with Gasteiger partial charge in [0.1, 0.15) is 11.6 Å². The van der Waals surface area contributed by atoms with E-state index >= 15 is 0 Å². The van der Waals surface area contributed by atoms with Crippen LogP contribution in [0.2, 0.25) is 0 Å². The molecular weight excluding hydrogens is 530 g/mol. The summed E-state index contributed by atoms with van der Waals surface area (Å²) in [7, 11) is 2.06. The summed E-state index contributed by atoms with van der Waals surface area (Å²) < 4.78 is 29.8. The summed E-state index contributed by atoms with van der Waals surface area (Å²) in [5, 5.41) is 6.48. The van der Waals surface area contributed by atoms with E-state index in [0.717, 1.165) is 37.8 Å². The van der Waals surface area contributed by atoms with E-state index in [1.807, 2.05) is 32.0 Å². The standard InChI is InChI=1S/C29H40F2N4O2S.C2H6/c1-3-4-13-35-20-24(18-28(35)36)29(37)33-27(17-23-15-25(30)19-26(31)16-23)10-11-32-12-14-34(2)38-21-22-8-6-5-7-9-22;1-2/h5-9,15-16,19,24,27,32H,3-4,10-14,17-18,20-21H2,1-2H3,(H,33,37);1-2H3/t24?,27-;/m1./s1. The molecule has 1 saturated heterocycles. The van der Waals surface area contributed by atoms with Gasteiger partial charge in [-0.25, -0.2) is 8.78 Å². The van der Waals surface area contributed by atoms with Gasteiger partial charge in [-0.3, -0.25) is 13.9 Å². The smallest absolute Gasteiger partial charge is 0.225 e. The normalized spacial score (nSPS) is 15.6. The minimum absolute atomic E-state index is 0.0123. The maximum atomic E-state index is 13.8. The molecule has 1 aliphatic rings. The molecule has 1 heterocycles. The highest BCUT2D eigenvalue weighted by molar-refractivity contribution is 7.96. The van der Waals surface area contributed by atoms with Crippen molar-refractivity contribution in [1.82, 2.24) is 19.8 Å². The molecular formula is C31H46F2N4O2S. The zero-order valence-electron chi connectivity index (χ0n) is 24.4. The third-order valence-electron chi connectivity index (χ3n) is 6.69. The third kappa shape index (κ3) is 12.4. The van der Waals surface area contributed by atoms with Crippen LogP contribution in [-0.4, -0.2) is 66.8 Å². The third-order valence-corrected chi connectivity index (χ3v) is 7.77. The number of nitrogens with zero attached hydrogens (tertiary/aromatic N) is 2. The van der Waals surface area contributed by atoms with E-state index in [9.17, 15) is 18.4 Å². The average molecular weight is 577 g/mol. The molecule has 0 bridgehead atoms. The molecule has 2 aromatic carbocycles. The van der Waals surface area contributed by atoms with Gasteiger partial charge in [0.15, 0.2) is 0 Å². The van der Waals surface area contributed by atoms with Gasteiger partial charge in [-0.15, -0.1) is 0 Å². The monoisotopic (exact) mass is 576 g/mol. The molecule has 0 aliphatic carbocycles. The first-order chi connectivity index (χ1) is 19.3. The summed E-state index contributed by atoms with van der Waals surface area (Å²) >= 11 is 1.76. The van der Waals surface area contributed by atoms with Crippen molar-refractivity contribution < 1.29 is 18.4 Å². The lowest BCUT2D eigenvalue weighted by Gasteiger charge is -2.22. The van der Waals surface area contributed by atoms with Crippen LogP contribution in [0.4, 0.5) is 8.78 Å². The van der Waals surface area contributed by atoms with E-state index in [1.54, 1.807) is 16.8 Å². The summed E-state index contributed by atoms with van der Waals surface area (Å²) in [5.74, 6) is -0.905. The van der Waals surface area contributed by atoms with Crippen molar-refractivity contribution in [3.63, 3.8) is 0 Å². The SMILES string of the molecule is CC.CCCCN1CC(C(=O)N[C@H](CCNCCN(C)SCc2ccccc2)Cc2cc(F)cc(F)c2)CC1=O. The van der Waals surface area contributed by atoms with Crippen LogP contribution in [0.3, 0.4) is 0 Å². The first-order valence-electron chi connectivity index (χ1n) is 14.5. The Kier molecular flexibility index (Phi) is 15.8. The molecule has 0 spiro atoms. The molecule has 0 aromatic heterocycles. The summed E-state index contributed by atoms with van der Waals surface area (Å²) in [6, 6.07) is 13.5. The van der Waals surface area contributed by atoms with Gasteiger partial charge in [-0.05, 0) is 56.1 Å². The van der Waals surface area contributed by atoms with E-state index in [-0.39, 0.29) is 24.3 Å². The van der Waals surface area contributed by atoms with Crippen LogP contribution in [0.5, 0.6) is 0 Å². The number of halogens is 2. The first kappa shape index (κ1) is 33.7. The summed E-state index contributed by atoms with van der Waals surface area (Å²) in [6.45, 7) is 9.44. The highest BCUT2D eigenvalue weighted by Crippen LogP contribution is 2.20. The second-order valence-electron chi connectivity index (χ2n) is 9.93. The van der Waals surface area contributed by atoms with E-state index in [0.29, 0.717) is 38.0 Å². The number of nitrogens with one attached hydrogen (secondary N) is 2. The van der Waals surface area contributed by atoms with Gasteiger partial charge in [0.05, 0.1) is 5.92 Å². The maximum Gasteiger partial charge on any atom is 0.225 e. The van der Waals surface area contributed by atoms with Crippen LogP contribution in [-0.2, 0) is 21.8 Å². The Morgan fingerprint density at radius 1 is 1.10 bits per heavy atom. The van der Waals surface area contributed by atoms with E-state index in [1.165, 1.54) is 17.7 Å². The summed E-state index contributed by atoms with van der Waals surface area (Å²) in [6.07, 6.45) is 3.03. The lowest BCUT2D eigenvalue weighted by molar-refractivity contribution is -0.129. The number of hydrogen-bond acceptors (Lipinski definition) is 5. The van der Waals surface area contributed by atoms with Crippen molar-refractivity contribution >= 4 is 23.8 Å². The fourth-order valence-electron chi connectivity index (χ4n) is 4.53. The van der Waals surface area contributed by atoms with Crippen molar-refractivity contribution in [2.45, 2.75) is 64.7 Å². The highest BCUT2D eigenvalue weighted by atomic mass is 32.2. The lowest BCUT2D eigenvalue weighted by atomic mass is 10.0. The van der Waals surface area contributed by atoms with Gasteiger partial charge in [0.2, 0.25) is 11.8 Å². The Balaban J connectivity index is 0.00000274. The number of rotatable bonds is 16. The molecule has 1 aliphatic heterocycles. The van der Waals surface area contributed by atoms with Crippen LogP contribution in [0.1, 0.15) is 57.6 Å². The Bertz CT molecular complexity index is 1010. The van der Waals surface area contributed by atoms with Crippen molar-refractivity contribution in [3.8, 4) is 0 Å². The second kappa shape index (κ2) is 18.8. The molecule has 222 valence electrons. The number of likely N-dealkylation sites (N-methyl/N-ethyl adjacent to an activating group) is 1. The predicted molar refractivity (Wildman–Crippen MR) is 161 cm³/mol. The molecule has 2 amide bonds. The number of carbonyl (C=O) groups is 2. The fourth-order valence-corrected chi connectivity index (χ4v) is 5.31. The summed E-state index contributed by atoms with van der Waals surface area (Å²) in [5.41, 5.74) is 1.78. The number of carbonyl (C=O) groups excluding carboxylic acids is 2. The number of amides is 2. The highest BCUT2D eigenvalue weighted by Gasteiger charge is 2.34. The van der Waals surface area contributed by atoms with Gasteiger partial charge < -0.3 is 15.5 Å². The zero-order chi connectivity index (χ0) is 29.3. The number of likely N-dealkylation sites (tertiary alicyclic amines) is 1. The van der Waals surface area contributed by atoms with E-state index in [4.69, 9.17) is 0 Å². The van der Waals surface area contributed by atoms with Crippen molar-refractivity contribution in [3.05, 3.63) is 71.3 Å². The molecule has 0 radical (unpaired) electrons. The van der Waals surface area contributed by atoms with E-state index in [2.05, 4.69) is 41.0 Å². The molecule has 1 unspecified atom stereocenters. The topological polar surface area (TPSA) is 64.7 Å². The first-order valence-corrected chi connectivity index (χ1v) is 15.4. The van der Waals surface area contributed by atoms with Crippen LogP contribution in [0, 0.1) is 17.6 Å². The van der Waals surface area contributed by atoms with Gasteiger partial charge in [0, 0.05) is 50.5 Å². The van der Waals surface area contributed by atoms with E-state index < -0.39 is 17.6 Å². The van der Waals surface area contributed by atoms with Gasteiger partial charge in [0.25, 0.3) is 0 Å². The number of unbranched alkanes of at least 4 members (excludes halogenated alkanes) is 1. The largest absolute Gasteiger partial charge is 0.353 e. The molecule has 3 rings (SSSR count). The minimum atomic E-state index is -0.632. The van der Waals surface area contributed by atoms with Gasteiger partial charge in [-0.1, -0.05) is 69.5 Å². The maximum absolute atomic E-state index is 13.8. The minimum Gasteiger partial charge on any atom is -0.353 e. The van der Waals surface area contributed by atoms with Crippen LogP contribution in [0.15, 0.2) is 48.5 Å².